The number of para-hydroxylation sites is 1. The Morgan fingerprint density at radius 3 is 2.17 bits per heavy atom. The summed E-state index contributed by atoms with van der Waals surface area (Å²) in [5.74, 6) is -0.488. The maximum absolute atomic E-state index is 11.6. The Morgan fingerprint density at radius 2 is 1.61 bits per heavy atom. The summed E-state index contributed by atoms with van der Waals surface area (Å²) in [4.78, 5) is 15.1. The molecule has 6 N–H and O–H groups in total. The molecule has 2 rings (SSSR count). The smallest absolute Gasteiger partial charge is 0.360 e. The van der Waals surface area contributed by atoms with E-state index in [0.717, 1.165) is 0 Å². The van der Waals surface area contributed by atoms with E-state index in [2.05, 4.69) is 15.1 Å². The number of carbonyl (C=O) groups is 1. The van der Waals surface area contributed by atoms with E-state index in [-0.39, 0.29) is 13.2 Å². The summed E-state index contributed by atoms with van der Waals surface area (Å²) in [5.41, 5.74) is 13.1. The van der Waals surface area contributed by atoms with Crippen molar-refractivity contribution >= 4 is 23.0 Å². The Kier molecular flexibility index (Phi) is 7.67. The van der Waals surface area contributed by atoms with Crippen LogP contribution in [0.4, 0.5) is 17.1 Å². The van der Waals surface area contributed by atoms with Crippen LogP contribution in [0.15, 0.2) is 58.8 Å². The Hall–Kier alpha value is -3.06. The lowest BCUT2D eigenvalue weighted by Crippen LogP contribution is -1.95. The maximum atomic E-state index is 11.6. The van der Waals surface area contributed by atoms with Gasteiger partial charge >= 0.3 is 5.91 Å². The van der Waals surface area contributed by atoms with E-state index in [9.17, 15) is 4.79 Å². The second-order valence-electron chi connectivity index (χ2n) is 4.22. The molecule has 8 heteroatoms. The van der Waals surface area contributed by atoms with E-state index in [1.165, 1.54) is 0 Å². The summed E-state index contributed by atoms with van der Waals surface area (Å²) in [6.07, 6.45) is 0. The molecule has 0 spiro atoms. The first-order valence-corrected chi connectivity index (χ1v) is 6.66. The molecule has 0 aliphatic rings. The SMILES string of the molecule is Nc1ccc(C(=O)N=[N+]=Nc2ccccc2N)cc1.OCCO. The molecule has 2 aromatic carbocycles. The number of hydrogen-bond donors (Lipinski definition) is 4. The third kappa shape index (κ3) is 6.49. The largest absolute Gasteiger partial charge is 0.399 e. The number of hydrogen-bond acceptors (Lipinski definition) is 6. The molecule has 0 aromatic heterocycles. The van der Waals surface area contributed by atoms with E-state index in [1.54, 1.807) is 48.5 Å². The average Bonchev–Trinajstić information content (AvgIpc) is 2.57. The lowest BCUT2D eigenvalue weighted by atomic mass is 10.2. The molecule has 2 aromatic rings. The molecule has 0 bridgehead atoms. The van der Waals surface area contributed by atoms with Gasteiger partial charge in [0.25, 0.3) is 0 Å². The van der Waals surface area contributed by atoms with E-state index in [1.807, 2.05) is 0 Å². The summed E-state index contributed by atoms with van der Waals surface area (Å²) in [7, 11) is 0. The number of nitrogens with two attached hydrogens (primary N) is 2. The number of nitrogen functional groups attached to an aromatic ring is 2. The van der Waals surface area contributed by atoms with Crippen LogP contribution in [0.2, 0.25) is 0 Å². The highest BCUT2D eigenvalue weighted by Gasteiger charge is 2.09. The van der Waals surface area contributed by atoms with Gasteiger partial charge in [-0.15, -0.1) is 0 Å². The molecule has 8 nitrogen and oxygen atoms in total. The van der Waals surface area contributed by atoms with Gasteiger partial charge in [-0.25, -0.2) is 0 Å². The van der Waals surface area contributed by atoms with E-state index in [4.69, 9.17) is 21.7 Å². The molecule has 0 aliphatic heterocycles. The van der Waals surface area contributed by atoms with Crippen LogP contribution < -0.4 is 16.4 Å². The molecule has 120 valence electrons. The number of nitrogens with zero attached hydrogens (tertiary/aromatic N) is 3. The number of carbonyl (C=O) groups excluding carboxylic acids is 1. The monoisotopic (exact) mass is 316 g/mol. The number of rotatable bonds is 3. The minimum atomic E-state index is -0.488. The normalized spacial score (nSPS) is 9.13. The average molecular weight is 316 g/mol. The van der Waals surface area contributed by atoms with Gasteiger partial charge in [0, 0.05) is 11.3 Å². The summed E-state index contributed by atoms with van der Waals surface area (Å²) in [6.45, 7) is -0.250. The van der Waals surface area contributed by atoms with Crippen LogP contribution in [0, 0.1) is 0 Å². The third-order valence-corrected chi connectivity index (χ3v) is 2.48. The van der Waals surface area contributed by atoms with Gasteiger partial charge in [0.15, 0.2) is 10.8 Å². The van der Waals surface area contributed by atoms with Crippen molar-refractivity contribution in [2.75, 3.05) is 24.7 Å². The van der Waals surface area contributed by atoms with Crippen molar-refractivity contribution in [1.29, 1.82) is 0 Å². The Balaban J connectivity index is 0.000000593. The zero-order valence-electron chi connectivity index (χ0n) is 12.3. The maximum Gasteiger partial charge on any atom is 0.360 e. The highest BCUT2D eigenvalue weighted by Crippen LogP contribution is 2.19. The van der Waals surface area contributed by atoms with Crippen molar-refractivity contribution in [2.24, 2.45) is 10.2 Å². The van der Waals surface area contributed by atoms with Crippen LogP contribution in [0.1, 0.15) is 10.4 Å². The highest BCUT2D eigenvalue weighted by atomic mass is 16.3. The Bertz CT molecular complexity index is 693. The van der Waals surface area contributed by atoms with Crippen molar-refractivity contribution in [3.8, 4) is 0 Å². The van der Waals surface area contributed by atoms with Crippen molar-refractivity contribution in [3.05, 3.63) is 54.1 Å². The quantitative estimate of drug-likeness (QED) is 0.382. The molecular weight excluding hydrogens is 298 g/mol. The van der Waals surface area contributed by atoms with Crippen molar-refractivity contribution in [3.63, 3.8) is 0 Å². The molecule has 0 heterocycles. The predicted octanol–water partition coefficient (Wildman–Crippen LogP) is 1.27. The van der Waals surface area contributed by atoms with Gasteiger partial charge in [-0.1, -0.05) is 12.1 Å². The fourth-order valence-corrected chi connectivity index (χ4v) is 1.37. The summed E-state index contributed by atoms with van der Waals surface area (Å²) in [5, 5.41) is 22.5. The van der Waals surface area contributed by atoms with Gasteiger partial charge in [-0.2, -0.15) is 0 Å². The molecule has 0 fully saturated rings. The van der Waals surface area contributed by atoms with E-state index < -0.39 is 5.91 Å². The number of amides is 1. The second-order valence-corrected chi connectivity index (χ2v) is 4.22. The van der Waals surface area contributed by atoms with E-state index >= 15 is 0 Å². The lowest BCUT2D eigenvalue weighted by molar-refractivity contribution is 0.0992. The molecule has 23 heavy (non-hydrogen) atoms. The van der Waals surface area contributed by atoms with Gasteiger partial charge in [-0.05, 0) is 36.4 Å². The molecule has 0 unspecified atom stereocenters. The van der Waals surface area contributed by atoms with Crippen LogP contribution >= 0.6 is 0 Å². The first-order chi connectivity index (χ1) is 11.1. The molecular formula is C15H18N5O3+. The molecule has 0 saturated heterocycles. The minimum Gasteiger partial charge on any atom is -0.399 e. The Morgan fingerprint density at radius 1 is 1.00 bits per heavy atom. The zero-order valence-corrected chi connectivity index (χ0v) is 12.3. The second kappa shape index (κ2) is 9.80. The van der Waals surface area contributed by atoms with Crippen LogP contribution in [-0.4, -0.2) is 29.3 Å². The van der Waals surface area contributed by atoms with Gasteiger partial charge in [0.05, 0.1) is 18.9 Å². The lowest BCUT2D eigenvalue weighted by Gasteiger charge is -1.91. The van der Waals surface area contributed by atoms with Crippen molar-refractivity contribution < 1.29 is 15.0 Å². The van der Waals surface area contributed by atoms with Crippen molar-refractivity contribution in [2.45, 2.75) is 0 Å². The number of aliphatic hydroxyl groups excluding tert-OH is 2. The van der Waals surface area contributed by atoms with Gasteiger partial charge < -0.3 is 21.7 Å². The summed E-state index contributed by atoms with van der Waals surface area (Å²) < 4.78 is 0. The Labute approximate surface area is 132 Å². The standard InChI is InChI=1S/C13H11N5O.C2H6O2/c14-10-7-5-9(6-8-10)13(19)17-18-16-12-4-2-1-3-11(12)15;3-1-2-4/h1-8,15H,(H2,14,19);3-4H,1-2H2/p+1. The van der Waals surface area contributed by atoms with Gasteiger partial charge in [0.1, 0.15) is 0 Å². The third-order valence-electron chi connectivity index (χ3n) is 2.48. The predicted molar refractivity (Wildman–Crippen MR) is 86.9 cm³/mol. The minimum absolute atomic E-state index is 0.125. The summed E-state index contributed by atoms with van der Waals surface area (Å²) in [6, 6.07) is 13.3. The van der Waals surface area contributed by atoms with Crippen LogP contribution in [0.25, 0.3) is 0 Å². The summed E-state index contributed by atoms with van der Waals surface area (Å²) >= 11 is 0. The molecule has 0 saturated carbocycles. The molecule has 0 atom stereocenters. The van der Waals surface area contributed by atoms with Crippen LogP contribution in [0.5, 0.6) is 0 Å². The fourth-order valence-electron chi connectivity index (χ4n) is 1.37. The number of aliphatic hydroxyl groups is 2. The first-order valence-electron chi connectivity index (χ1n) is 6.66. The molecule has 0 radical (unpaired) electrons. The highest BCUT2D eigenvalue weighted by molar-refractivity contribution is 5.94. The first kappa shape index (κ1) is 18.0. The molecule has 1 amide bonds. The number of benzene rings is 2. The fraction of sp³-hybridized carbons (Fsp3) is 0.133. The van der Waals surface area contributed by atoms with Crippen molar-refractivity contribution in [1.82, 2.24) is 4.91 Å². The number of anilines is 2. The zero-order chi connectivity index (χ0) is 17.1. The van der Waals surface area contributed by atoms with Gasteiger partial charge in [-0.3, -0.25) is 4.79 Å². The van der Waals surface area contributed by atoms with Crippen LogP contribution in [-0.2, 0) is 0 Å². The molecule has 0 aliphatic carbocycles. The van der Waals surface area contributed by atoms with Crippen LogP contribution in [0.3, 0.4) is 0 Å². The van der Waals surface area contributed by atoms with Gasteiger partial charge in [0.2, 0.25) is 10.0 Å². The van der Waals surface area contributed by atoms with E-state index in [0.29, 0.717) is 22.6 Å². The topological polar surface area (TPSA) is 148 Å².